The fourth-order valence-electron chi connectivity index (χ4n) is 1.72. The quantitative estimate of drug-likeness (QED) is 0.710. The number of rotatable bonds is 4. The van der Waals surface area contributed by atoms with Gasteiger partial charge in [0.1, 0.15) is 5.75 Å². The highest BCUT2D eigenvalue weighted by atomic mass is 35.7. The molecular formula is C15H16ClOP. The number of benzene rings is 2. The first-order valence-corrected chi connectivity index (χ1v) is 8.13. The van der Waals surface area contributed by atoms with E-state index >= 15 is 0 Å². The summed E-state index contributed by atoms with van der Waals surface area (Å²) < 4.78 is 5.92. The molecule has 0 aliphatic rings. The molecule has 0 radical (unpaired) electrons. The van der Waals surface area contributed by atoms with Gasteiger partial charge < -0.3 is 4.52 Å². The molecular weight excluding hydrogens is 263 g/mol. The molecule has 0 amide bonds. The van der Waals surface area contributed by atoms with Crippen molar-refractivity contribution in [2.75, 3.05) is 0 Å². The minimum absolute atomic E-state index is 0.428. The third-order valence-corrected chi connectivity index (χ3v) is 4.53. The second kappa shape index (κ2) is 6.22. The van der Waals surface area contributed by atoms with Gasteiger partial charge in [-0.15, -0.1) is 0 Å². The molecule has 0 aliphatic heterocycles. The Morgan fingerprint density at radius 2 is 1.56 bits per heavy atom. The van der Waals surface area contributed by atoms with Crippen LogP contribution < -0.4 is 9.83 Å². The van der Waals surface area contributed by atoms with E-state index in [4.69, 9.17) is 15.8 Å². The Hall–Kier alpha value is -1.04. The van der Waals surface area contributed by atoms with Crippen molar-refractivity contribution in [3.8, 4) is 5.75 Å². The van der Waals surface area contributed by atoms with Crippen LogP contribution in [-0.2, 0) is 0 Å². The monoisotopic (exact) mass is 278 g/mol. The molecule has 1 nitrogen and oxygen atoms in total. The number of hydrogen-bond acceptors (Lipinski definition) is 1. The average Bonchev–Trinajstić information content (AvgIpc) is 2.40. The van der Waals surface area contributed by atoms with E-state index < -0.39 is 7.50 Å². The summed E-state index contributed by atoms with van der Waals surface area (Å²) in [4.78, 5) is 0. The van der Waals surface area contributed by atoms with Crippen molar-refractivity contribution in [3.05, 3.63) is 60.2 Å². The van der Waals surface area contributed by atoms with E-state index in [2.05, 4.69) is 19.9 Å². The van der Waals surface area contributed by atoms with Gasteiger partial charge in [0.2, 0.25) is 7.50 Å². The van der Waals surface area contributed by atoms with Crippen LogP contribution in [0.25, 0.3) is 0 Å². The molecule has 0 N–H and O–H groups in total. The van der Waals surface area contributed by atoms with Crippen LogP contribution in [0.1, 0.15) is 25.3 Å². The molecule has 1 unspecified atom stereocenters. The lowest BCUT2D eigenvalue weighted by atomic mass is 10.0. The molecule has 0 saturated carbocycles. The third-order valence-electron chi connectivity index (χ3n) is 2.68. The van der Waals surface area contributed by atoms with Crippen LogP contribution in [0.4, 0.5) is 0 Å². The maximum atomic E-state index is 6.36. The first kappa shape index (κ1) is 13.4. The van der Waals surface area contributed by atoms with Gasteiger partial charge in [-0.05, 0) is 28.8 Å². The Labute approximate surface area is 114 Å². The second-order valence-corrected chi connectivity index (χ2v) is 6.47. The van der Waals surface area contributed by atoms with E-state index in [0.717, 1.165) is 11.1 Å². The molecule has 0 bridgehead atoms. The highest BCUT2D eigenvalue weighted by Gasteiger charge is 2.14. The standard InChI is InChI=1S/C15H16ClOP/c1-12(2)14-10-6-7-11-15(14)17-18(16)13-8-4-3-5-9-13/h3-12H,1-2H3. The van der Waals surface area contributed by atoms with Gasteiger partial charge in [-0.1, -0.05) is 62.4 Å². The van der Waals surface area contributed by atoms with Gasteiger partial charge in [-0.2, -0.15) is 0 Å². The maximum absolute atomic E-state index is 6.36. The van der Waals surface area contributed by atoms with E-state index in [9.17, 15) is 0 Å². The minimum Gasteiger partial charge on any atom is -0.453 e. The van der Waals surface area contributed by atoms with Gasteiger partial charge in [-0.3, -0.25) is 0 Å². The lowest BCUT2D eigenvalue weighted by Crippen LogP contribution is -2.02. The van der Waals surface area contributed by atoms with Crippen LogP contribution >= 0.6 is 18.7 Å². The highest BCUT2D eigenvalue weighted by molar-refractivity contribution is 7.86. The van der Waals surface area contributed by atoms with E-state index in [1.807, 2.05) is 48.5 Å². The largest absolute Gasteiger partial charge is 0.453 e. The zero-order chi connectivity index (χ0) is 13.0. The summed E-state index contributed by atoms with van der Waals surface area (Å²) in [6.07, 6.45) is 0. The van der Waals surface area contributed by atoms with Gasteiger partial charge in [0, 0.05) is 5.30 Å². The maximum Gasteiger partial charge on any atom is 0.215 e. The number of para-hydroxylation sites is 1. The molecule has 2 rings (SSSR count). The molecule has 2 aromatic carbocycles. The molecule has 0 heterocycles. The molecule has 94 valence electrons. The number of halogens is 1. The Balaban J connectivity index is 2.19. The summed E-state index contributed by atoms with van der Waals surface area (Å²) in [7, 11) is -1.12. The molecule has 1 atom stereocenters. The van der Waals surface area contributed by atoms with Gasteiger partial charge in [0.25, 0.3) is 0 Å². The zero-order valence-corrected chi connectivity index (χ0v) is 12.2. The Kier molecular flexibility index (Phi) is 4.63. The highest BCUT2D eigenvalue weighted by Crippen LogP contribution is 2.44. The van der Waals surface area contributed by atoms with Crippen molar-refractivity contribution < 1.29 is 4.52 Å². The van der Waals surface area contributed by atoms with E-state index in [0.29, 0.717) is 5.92 Å². The summed E-state index contributed by atoms with van der Waals surface area (Å²) >= 11 is 6.36. The summed E-state index contributed by atoms with van der Waals surface area (Å²) in [5.41, 5.74) is 1.20. The van der Waals surface area contributed by atoms with Crippen LogP contribution in [0.15, 0.2) is 54.6 Å². The first-order chi connectivity index (χ1) is 8.68. The summed E-state index contributed by atoms with van der Waals surface area (Å²) in [6, 6.07) is 18.0. The average molecular weight is 279 g/mol. The second-order valence-electron chi connectivity index (χ2n) is 4.36. The molecule has 0 fully saturated rings. The van der Waals surface area contributed by atoms with E-state index in [1.165, 1.54) is 5.56 Å². The predicted molar refractivity (Wildman–Crippen MR) is 80.0 cm³/mol. The van der Waals surface area contributed by atoms with E-state index in [1.54, 1.807) is 0 Å². The van der Waals surface area contributed by atoms with Gasteiger partial charge in [-0.25, -0.2) is 0 Å². The molecule has 2 aromatic rings. The van der Waals surface area contributed by atoms with Crippen LogP contribution in [0, 0.1) is 0 Å². The van der Waals surface area contributed by atoms with Crippen LogP contribution in [-0.4, -0.2) is 0 Å². The lowest BCUT2D eigenvalue weighted by molar-refractivity contribution is 0.613. The van der Waals surface area contributed by atoms with Crippen molar-refractivity contribution in [1.29, 1.82) is 0 Å². The molecule has 3 heteroatoms. The smallest absolute Gasteiger partial charge is 0.215 e. The van der Waals surface area contributed by atoms with Crippen molar-refractivity contribution in [1.82, 2.24) is 0 Å². The van der Waals surface area contributed by atoms with Crippen LogP contribution in [0.2, 0.25) is 0 Å². The first-order valence-electron chi connectivity index (χ1n) is 5.96. The minimum atomic E-state index is -1.12. The third kappa shape index (κ3) is 3.25. The fraction of sp³-hybridized carbons (Fsp3) is 0.200. The van der Waals surface area contributed by atoms with Gasteiger partial charge in [0.15, 0.2) is 0 Å². The normalized spacial score (nSPS) is 12.4. The van der Waals surface area contributed by atoms with Crippen molar-refractivity contribution >= 4 is 24.0 Å². The molecule has 0 aromatic heterocycles. The van der Waals surface area contributed by atoms with Crippen molar-refractivity contribution in [2.45, 2.75) is 19.8 Å². The van der Waals surface area contributed by atoms with Crippen LogP contribution in [0.3, 0.4) is 0 Å². The molecule has 18 heavy (non-hydrogen) atoms. The SMILES string of the molecule is CC(C)c1ccccc1OP(Cl)c1ccccc1. The predicted octanol–water partition coefficient (Wildman–Crippen LogP) is 5.07. The summed E-state index contributed by atoms with van der Waals surface area (Å²) in [5, 5.41) is 1.03. The van der Waals surface area contributed by atoms with E-state index in [-0.39, 0.29) is 0 Å². The molecule has 0 aliphatic carbocycles. The Morgan fingerprint density at radius 1 is 0.944 bits per heavy atom. The number of hydrogen-bond donors (Lipinski definition) is 0. The molecule has 0 saturated heterocycles. The van der Waals surface area contributed by atoms with Crippen molar-refractivity contribution in [3.63, 3.8) is 0 Å². The fourth-order valence-corrected chi connectivity index (χ4v) is 3.14. The topological polar surface area (TPSA) is 9.23 Å². The van der Waals surface area contributed by atoms with Crippen LogP contribution in [0.5, 0.6) is 5.75 Å². The zero-order valence-electron chi connectivity index (χ0n) is 10.5. The Morgan fingerprint density at radius 3 is 2.22 bits per heavy atom. The Bertz CT molecular complexity index is 499. The van der Waals surface area contributed by atoms with Gasteiger partial charge >= 0.3 is 0 Å². The van der Waals surface area contributed by atoms with Crippen molar-refractivity contribution in [2.24, 2.45) is 0 Å². The summed E-state index contributed by atoms with van der Waals surface area (Å²) in [6.45, 7) is 4.31. The lowest BCUT2D eigenvalue weighted by Gasteiger charge is -2.16. The summed E-state index contributed by atoms with van der Waals surface area (Å²) in [5.74, 6) is 1.31. The van der Waals surface area contributed by atoms with Gasteiger partial charge in [0.05, 0.1) is 0 Å². The molecule has 0 spiro atoms.